The molecule has 0 N–H and O–H groups in total. The molecule has 1 amide bonds. The van der Waals surface area contributed by atoms with Gasteiger partial charge in [-0.05, 0) is 49.8 Å². The molecular formula is C18H26FNO2. The number of halogens is 1. The molecule has 2 unspecified atom stereocenters. The molecule has 4 heteroatoms. The van der Waals surface area contributed by atoms with Crippen LogP contribution >= 0.6 is 0 Å². The lowest BCUT2D eigenvalue weighted by Gasteiger charge is -2.35. The van der Waals surface area contributed by atoms with Gasteiger partial charge >= 0.3 is 0 Å². The fraction of sp³-hybridized carbons (Fsp3) is 0.611. The van der Waals surface area contributed by atoms with Gasteiger partial charge in [0.25, 0.3) is 0 Å². The summed E-state index contributed by atoms with van der Waals surface area (Å²) in [5, 5.41) is 0. The molecule has 1 saturated heterocycles. The van der Waals surface area contributed by atoms with Crippen molar-refractivity contribution >= 4 is 5.91 Å². The number of hydrogen-bond donors (Lipinski definition) is 0. The maximum Gasteiger partial charge on any atom is 0.230 e. The normalized spacial score (nSPS) is 20.0. The molecule has 1 heterocycles. The molecule has 3 nitrogen and oxygen atoms in total. The van der Waals surface area contributed by atoms with E-state index in [1.165, 1.54) is 12.1 Å². The Morgan fingerprint density at radius 2 is 2.09 bits per heavy atom. The minimum Gasteiger partial charge on any atom is -0.381 e. The minimum absolute atomic E-state index is 0.162. The number of ether oxygens (including phenoxy) is 1. The maximum absolute atomic E-state index is 13.1. The summed E-state index contributed by atoms with van der Waals surface area (Å²) in [7, 11) is 0. The van der Waals surface area contributed by atoms with Crippen molar-refractivity contribution in [3.05, 3.63) is 35.6 Å². The summed E-state index contributed by atoms with van der Waals surface area (Å²) in [6.07, 6.45) is 2.89. The van der Waals surface area contributed by atoms with Crippen LogP contribution in [0.2, 0.25) is 0 Å². The van der Waals surface area contributed by atoms with Gasteiger partial charge in [0.1, 0.15) is 5.82 Å². The molecule has 1 aromatic carbocycles. The van der Waals surface area contributed by atoms with Crippen LogP contribution in [-0.2, 0) is 9.53 Å². The molecule has 0 bridgehead atoms. The highest BCUT2D eigenvalue weighted by Gasteiger charge is 2.29. The number of nitrogens with zero attached hydrogens (tertiary/aromatic N) is 1. The number of carbonyl (C=O) groups excluding carboxylic acids is 1. The fourth-order valence-electron chi connectivity index (χ4n) is 3.15. The number of likely N-dealkylation sites (tertiary alicyclic amines) is 1. The highest BCUT2D eigenvalue weighted by atomic mass is 19.1. The smallest absolute Gasteiger partial charge is 0.230 e. The Morgan fingerprint density at radius 3 is 2.73 bits per heavy atom. The summed E-state index contributed by atoms with van der Waals surface area (Å²) >= 11 is 0. The predicted molar refractivity (Wildman–Crippen MR) is 85.2 cm³/mol. The van der Waals surface area contributed by atoms with E-state index < -0.39 is 0 Å². The van der Waals surface area contributed by atoms with Gasteiger partial charge in [0.15, 0.2) is 0 Å². The topological polar surface area (TPSA) is 29.5 Å². The third kappa shape index (κ3) is 4.29. The lowest BCUT2D eigenvalue weighted by atomic mass is 9.92. The van der Waals surface area contributed by atoms with Crippen LogP contribution in [0, 0.1) is 11.7 Å². The van der Waals surface area contributed by atoms with E-state index in [4.69, 9.17) is 4.74 Å². The number of hydrogen-bond acceptors (Lipinski definition) is 2. The summed E-state index contributed by atoms with van der Waals surface area (Å²) in [6, 6.07) is 6.31. The Balaban J connectivity index is 2.02. The lowest BCUT2D eigenvalue weighted by molar-refractivity contribution is -0.135. The van der Waals surface area contributed by atoms with Crippen LogP contribution in [-0.4, -0.2) is 37.1 Å². The number of benzene rings is 1. The molecule has 1 aromatic rings. The zero-order valence-corrected chi connectivity index (χ0v) is 13.6. The molecule has 22 heavy (non-hydrogen) atoms. The summed E-state index contributed by atoms with van der Waals surface area (Å²) in [6.45, 7) is 7.04. The third-order valence-electron chi connectivity index (χ3n) is 4.37. The first-order valence-electron chi connectivity index (χ1n) is 8.27. The first-order chi connectivity index (χ1) is 10.7. The number of carbonyl (C=O) groups is 1. The Bertz CT molecular complexity index is 474. The van der Waals surface area contributed by atoms with Gasteiger partial charge in [-0.3, -0.25) is 4.79 Å². The molecule has 1 aliphatic rings. The van der Waals surface area contributed by atoms with Crippen molar-refractivity contribution in [1.29, 1.82) is 0 Å². The summed E-state index contributed by atoms with van der Waals surface area (Å²) < 4.78 is 18.6. The fourth-order valence-corrected chi connectivity index (χ4v) is 3.15. The Kier molecular flexibility index (Phi) is 6.37. The average molecular weight is 307 g/mol. The zero-order valence-electron chi connectivity index (χ0n) is 13.6. The SMILES string of the molecule is CCOCC1CCCN(C(=O)C(CC)c2ccc(F)cc2)C1. The van der Waals surface area contributed by atoms with Gasteiger partial charge in [-0.15, -0.1) is 0 Å². The number of rotatable bonds is 6. The van der Waals surface area contributed by atoms with E-state index in [2.05, 4.69) is 0 Å². The van der Waals surface area contributed by atoms with Crippen molar-refractivity contribution in [3.63, 3.8) is 0 Å². The minimum atomic E-state index is -0.263. The molecule has 1 fully saturated rings. The molecule has 1 aliphatic heterocycles. The maximum atomic E-state index is 13.1. The van der Waals surface area contributed by atoms with Crippen molar-refractivity contribution in [3.8, 4) is 0 Å². The van der Waals surface area contributed by atoms with Gasteiger partial charge < -0.3 is 9.64 Å². The molecule has 0 saturated carbocycles. The van der Waals surface area contributed by atoms with Gasteiger partial charge in [-0.1, -0.05) is 19.1 Å². The first kappa shape index (κ1) is 16.9. The quantitative estimate of drug-likeness (QED) is 0.804. The van der Waals surface area contributed by atoms with Crippen LogP contribution < -0.4 is 0 Å². The molecule has 2 atom stereocenters. The van der Waals surface area contributed by atoms with Crippen molar-refractivity contribution in [2.75, 3.05) is 26.3 Å². The van der Waals surface area contributed by atoms with Gasteiger partial charge in [0.2, 0.25) is 5.91 Å². The molecule has 2 rings (SSSR count). The highest BCUT2D eigenvalue weighted by molar-refractivity contribution is 5.83. The molecule has 122 valence electrons. The summed E-state index contributed by atoms with van der Waals surface area (Å²) in [5.74, 6) is 0.158. The number of amides is 1. The van der Waals surface area contributed by atoms with Crippen LogP contribution in [0.1, 0.15) is 44.6 Å². The monoisotopic (exact) mass is 307 g/mol. The van der Waals surface area contributed by atoms with E-state index in [1.54, 1.807) is 12.1 Å². The molecular weight excluding hydrogens is 281 g/mol. The van der Waals surface area contributed by atoms with Crippen LogP contribution in [0.15, 0.2) is 24.3 Å². The van der Waals surface area contributed by atoms with Crippen molar-refractivity contribution < 1.29 is 13.9 Å². The van der Waals surface area contributed by atoms with E-state index in [1.807, 2.05) is 18.7 Å². The highest BCUT2D eigenvalue weighted by Crippen LogP contribution is 2.26. The van der Waals surface area contributed by atoms with Gasteiger partial charge in [0.05, 0.1) is 12.5 Å². The van der Waals surface area contributed by atoms with Crippen LogP contribution in [0.4, 0.5) is 4.39 Å². The summed E-state index contributed by atoms with van der Waals surface area (Å²) in [5.41, 5.74) is 0.904. The van der Waals surface area contributed by atoms with Crippen molar-refractivity contribution in [1.82, 2.24) is 4.90 Å². The second-order valence-corrected chi connectivity index (χ2v) is 5.96. The van der Waals surface area contributed by atoms with Crippen LogP contribution in [0.3, 0.4) is 0 Å². The van der Waals surface area contributed by atoms with Gasteiger partial charge in [-0.25, -0.2) is 4.39 Å². The summed E-state index contributed by atoms with van der Waals surface area (Å²) in [4.78, 5) is 14.8. The Hall–Kier alpha value is -1.42. The van der Waals surface area contributed by atoms with Gasteiger partial charge in [-0.2, -0.15) is 0 Å². The largest absolute Gasteiger partial charge is 0.381 e. The predicted octanol–water partition coefficient (Wildman–Crippen LogP) is 3.59. The van der Waals surface area contributed by atoms with E-state index >= 15 is 0 Å². The first-order valence-corrected chi connectivity index (χ1v) is 8.27. The molecule has 0 spiro atoms. The van der Waals surface area contributed by atoms with Crippen molar-refractivity contribution in [2.24, 2.45) is 5.92 Å². The standard InChI is InChI=1S/C18H26FNO2/c1-3-17(15-7-9-16(19)10-8-15)18(21)20-11-5-6-14(12-20)13-22-4-2/h7-10,14,17H,3-6,11-13H2,1-2H3. The van der Waals surface area contributed by atoms with E-state index in [9.17, 15) is 9.18 Å². The van der Waals surface area contributed by atoms with E-state index in [0.717, 1.165) is 51.1 Å². The lowest BCUT2D eigenvalue weighted by Crippen LogP contribution is -2.43. The van der Waals surface area contributed by atoms with Crippen molar-refractivity contribution in [2.45, 2.75) is 39.0 Å². The van der Waals surface area contributed by atoms with E-state index in [-0.39, 0.29) is 17.6 Å². The third-order valence-corrected chi connectivity index (χ3v) is 4.37. The molecule has 0 aliphatic carbocycles. The van der Waals surface area contributed by atoms with Crippen LogP contribution in [0.5, 0.6) is 0 Å². The Morgan fingerprint density at radius 1 is 1.36 bits per heavy atom. The second kappa shape index (κ2) is 8.28. The second-order valence-electron chi connectivity index (χ2n) is 5.96. The molecule has 0 radical (unpaired) electrons. The van der Waals surface area contributed by atoms with Crippen LogP contribution in [0.25, 0.3) is 0 Å². The van der Waals surface area contributed by atoms with E-state index in [0.29, 0.717) is 5.92 Å². The van der Waals surface area contributed by atoms with Gasteiger partial charge in [0, 0.05) is 19.7 Å². The molecule has 0 aromatic heterocycles. The Labute approximate surface area is 132 Å². The average Bonchev–Trinajstić information content (AvgIpc) is 2.55. The number of piperidine rings is 1. The zero-order chi connectivity index (χ0) is 15.9.